The lowest BCUT2D eigenvalue weighted by Crippen LogP contribution is -2.28. The van der Waals surface area contributed by atoms with Crippen LogP contribution >= 0.6 is 0 Å². The first-order valence-electron chi connectivity index (χ1n) is 14.2. The van der Waals surface area contributed by atoms with E-state index in [1.165, 1.54) is 0 Å². The molecule has 11 heteroatoms. The molecule has 3 N–H and O–H groups in total. The summed E-state index contributed by atoms with van der Waals surface area (Å²) < 4.78 is 9.37. The van der Waals surface area contributed by atoms with Crippen LogP contribution in [0.5, 0.6) is 5.88 Å². The van der Waals surface area contributed by atoms with Crippen molar-refractivity contribution in [2.75, 3.05) is 12.3 Å². The van der Waals surface area contributed by atoms with E-state index in [4.69, 9.17) is 20.4 Å². The lowest BCUT2D eigenvalue weighted by atomic mass is 10.0. The molecule has 5 aromatic heterocycles. The van der Waals surface area contributed by atoms with Crippen LogP contribution in [0.25, 0.3) is 34.1 Å². The van der Waals surface area contributed by atoms with Crippen LogP contribution in [0.3, 0.4) is 0 Å². The molecular weight excluding hydrogens is 542 g/mol. The molecule has 0 bridgehead atoms. The van der Waals surface area contributed by atoms with Gasteiger partial charge in [-0.25, -0.2) is 24.6 Å². The molecule has 0 radical (unpaired) electrons. The number of amides is 1. The number of nitrogens with zero attached hydrogens (tertiary/aromatic N) is 7. The van der Waals surface area contributed by atoms with Crippen molar-refractivity contribution >= 4 is 22.9 Å². The molecule has 6 heterocycles. The number of carbonyl (C=O) groups is 1. The van der Waals surface area contributed by atoms with Crippen molar-refractivity contribution in [1.82, 2.24) is 39.6 Å². The topological polar surface area (TPSA) is 139 Å². The van der Waals surface area contributed by atoms with Crippen molar-refractivity contribution in [3.63, 3.8) is 0 Å². The molecule has 43 heavy (non-hydrogen) atoms. The van der Waals surface area contributed by atoms with E-state index >= 15 is 0 Å². The lowest BCUT2D eigenvalue weighted by molar-refractivity contribution is 0.0935. The molecular formula is C32H27N9O2. The van der Waals surface area contributed by atoms with Gasteiger partial charge in [-0.05, 0) is 79.4 Å². The highest BCUT2D eigenvalue weighted by atomic mass is 16.5. The standard InChI is InChI=1S/C32H27N9O2/c1-18-16-24(22-11-15-43-32(22)36-18)31(42)38-25-8-5-19-17-20(6-7-21(19)25)41-29(23-4-2-12-34-28(23)33)37-26-9-10-27(39-30(26)41)40-14-3-13-35-40/h2-4,6-7,9-10,12-14,16-17,25H,5,8,11,15H2,1H3,(H2,33,34)(H,38,42)/t25-/m0/s1. The molecule has 2 aliphatic rings. The third-order valence-corrected chi connectivity index (χ3v) is 8.13. The summed E-state index contributed by atoms with van der Waals surface area (Å²) in [7, 11) is 0. The summed E-state index contributed by atoms with van der Waals surface area (Å²) in [5.41, 5.74) is 13.9. The predicted molar refractivity (Wildman–Crippen MR) is 160 cm³/mol. The number of aryl methyl sites for hydroxylation is 2. The van der Waals surface area contributed by atoms with Crippen LogP contribution in [-0.2, 0) is 12.8 Å². The van der Waals surface area contributed by atoms with Crippen LogP contribution in [-0.4, -0.2) is 46.8 Å². The molecule has 1 amide bonds. The highest BCUT2D eigenvalue weighted by Gasteiger charge is 2.29. The van der Waals surface area contributed by atoms with Gasteiger partial charge in [-0.3, -0.25) is 9.36 Å². The molecule has 0 saturated heterocycles. The van der Waals surface area contributed by atoms with Crippen molar-refractivity contribution in [2.24, 2.45) is 0 Å². The second-order valence-corrected chi connectivity index (χ2v) is 10.8. The minimum Gasteiger partial charge on any atom is -0.477 e. The van der Waals surface area contributed by atoms with Gasteiger partial charge in [-0.2, -0.15) is 5.10 Å². The number of anilines is 1. The highest BCUT2D eigenvalue weighted by Crippen LogP contribution is 2.36. The zero-order valence-electron chi connectivity index (χ0n) is 23.4. The molecule has 0 fully saturated rings. The van der Waals surface area contributed by atoms with E-state index < -0.39 is 0 Å². The molecule has 212 valence electrons. The van der Waals surface area contributed by atoms with Crippen LogP contribution in [0.2, 0.25) is 0 Å². The van der Waals surface area contributed by atoms with E-state index in [1.54, 1.807) is 17.1 Å². The van der Waals surface area contributed by atoms with E-state index in [9.17, 15) is 4.79 Å². The average molecular weight is 570 g/mol. The van der Waals surface area contributed by atoms with Crippen molar-refractivity contribution in [1.29, 1.82) is 0 Å². The van der Waals surface area contributed by atoms with E-state index in [2.05, 4.69) is 32.5 Å². The predicted octanol–water partition coefficient (Wildman–Crippen LogP) is 4.31. The van der Waals surface area contributed by atoms with Gasteiger partial charge in [0.1, 0.15) is 11.3 Å². The van der Waals surface area contributed by atoms with Gasteiger partial charge in [0.25, 0.3) is 5.91 Å². The molecule has 1 aliphatic carbocycles. The Morgan fingerprint density at radius 1 is 1.05 bits per heavy atom. The van der Waals surface area contributed by atoms with Gasteiger partial charge in [0.15, 0.2) is 17.3 Å². The van der Waals surface area contributed by atoms with E-state index in [-0.39, 0.29) is 11.9 Å². The number of nitrogens with one attached hydrogen (secondary N) is 1. The van der Waals surface area contributed by atoms with Crippen molar-refractivity contribution < 1.29 is 9.53 Å². The third-order valence-electron chi connectivity index (χ3n) is 8.13. The van der Waals surface area contributed by atoms with E-state index in [0.717, 1.165) is 52.0 Å². The monoisotopic (exact) mass is 569 g/mol. The van der Waals surface area contributed by atoms with Gasteiger partial charge in [-0.1, -0.05) is 6.07 Å². The van der Waals surface area contributed by atoms with Crippen LogP contribution in [0, 0.1) is 6.92 Å². The molecule has 6 aromatic rings. The second-order valence-electron chi connectivity index (χ2n) is 10.8. The first-order valence-corrected chi connectivity index (χ1v) is 14.2. The maximum atomic E-state index is 13.4. The van der Waals surface area contributed by atoms with Crippen LogP contribution in [0.4, 0.5) is 5.82 Å². The molecule has 0 unspecified atom stereocenters. The molecule has 1 aromatic carbocycles. The summed E-state index contributed by atoms with van der Waals surface area (Å²) in [6.07, 6.45) is 7.56. The lowest BCUT2D eigenvalue weighted by Gasteiger charge is -2.17. The maximum Gasteiger partial charge on any atom is 0.252 e. The number of hydrogen-bond acceptors (Lipinski definition) is 8. The first-order chi connectivity index (χ1) is 21.0. The van der Waals surface area contributed by atoms with Crippen LogP contribution < -0.4 is 15.8 Å². The van der Waals surface area contributed by atoms with E-state index in [1.807, 2.05) is 60.2 Å². The number of nitrogens with two attached hydrogens (primary N) is 1. The van der Waals surface area contributed by atoms with Gasteiger partial charge in [0.05, 0.1) is 18.2 Å². The Kier molecular flexibility index (Phi) is 5.71. The number of fused-ring (bicyclic) bond motifs is 3. The van der Waals surface area contributed by atoms with Gasteiger partial charge < -0.3 is 15.8 Å². The zero-order chi connectivity index (χ0) is 29.1. The third kappa shape index (κ3) is 4.19. The largest absolute Gasteiger partial charge is 0.477 e. The van der Waals surface area contributed by atoms with Crippen molar-refractivity contribution in [3.8, 4) is 28.8 Å². The van der Waals surface area contributed by atoms with Gasteiger partial charge in [0.2, 0.25) is 5.88 Å². The number of benzene rings is 1. The summed E-state index contributed by atoms with van der Waals surface area (Å²) >= 11 is 0. The maximum absolute atomic E-state index is 13.4. The SMILES string of the molecule is Cc1cc(C(=O)N[C@H]2CCc3cc(-n4c(-c5cccnc5N)nc5ccc(-n6cccn6)nc54)ccc32)c2c(n1)OCC2. The molecule has 11 nitrogen and oxygen atoms in total. The van der Waals surface area contributed by atoms with E-state index in [0.29, 0.717) is 47.6 Å². The molecule has 0 spiro atoms. The first kappa shape index (κ1) is 25.2. The average Bonchev–Trinajstić information content (AvgIpc) is 3.83. The normalized spacial score (nSPS) is 15.3. The summed E-state index contributed by atoms with van der Waals surface area (Å²) in [5, 5.41) is 7.62. The number of hydrogen-bond donors (Lipinski definition) is 2. The number of carbonyl (C=O) groups excluding carboxylic acids is 1. The summed E-state index contributed by atoms with van der Waals surface area (Å²) in [5.74, 6) is 2.19. The Labute approximate surface area is 246 Å². The fraction of sp³-hybridized carbons (Fsp3) is 0.188. The van der Waals surface area contributed by atoms with Crippen LogP contribution in [0.1, 0.15) is 45.2 Å². The number of ether oxygens (including phenoxy) is 1. The van der Waals surface area contributed by atoms with Crippen molar-refractivity contribution in [2.45, 2.75) is 32.2 Å². The fourth-order valence-electron chi connectivity index (χ4n) is 6.12. The van der Waals surface area contributed by atoms with Gasteiger partial charge in [0, 0.05) is 47.5 Å². The number of pyridine rings is 3. The molecule has 8 rings (SSSR count). The number of rotatable bonds is 5. The Balaban J connectivity index is 1.19. The highest BCUT2D eigenvalue weighted by molar-refractivity contribution is 5.96. The summed E-state index contributed by atoms with van der Waals surface area (Å²) in [4.78, 5) is 32.1. The van der Waals surface area contributed by atoms with Gasteiger partial charge in [-0.15, -0.1) is 0 Å². The van der Waals surface area contributed by atoms with Gasteiger partial charge >= 0.3 is 0 Å². The minimum absolute atomic E-state index is 0.0968. The molecule has 1 aliphatic heterocycles. The Hall–Kier alpha value is -5.58. The Bertz CT molecular complexity index is 2050. The smallest absolute Gasteiger partial charge is 0.252 e. The van der Waals surface area contributed by atoms with Crippen LogP contribution in [0.15, 0.2) is 73.2 Å². The molecule has 1 atom stereocenters. The number of nitrogen functional groups attached to an aromatic ring is 1. The number of aromatic nitrogens is 7. The Morgan fingerprint density at radius 2 is 1.98 bits per heavy atom. The Morgan fingerprint density at radius 3 is 2.84 bits per heavy atom. The second kappa shape index (κ2) is 9.76. The van der Waals surface area contributed by atoms with Crippen molar-refractivity contribution in [3.05, 3.63) is 101 Å². The quantitative estimate of drug-likeness (QED) is 0.313. The number of imidazole rings is 1. The zero-order valence-corrected chi connectivity index (χ0v) is 23.4. The fourth-order valence-corrected chi connectivity index (χ4v) is 6.12. The molecule has 0 saturated carbocycles. The summed E-state index contributed by atoms with van der Waals surface area (Å²) in [6, 6.07) is 17.5. The minimum atomic E-state index is -0.0977. The summed E-state index contributed by atoms with van der Waals surface area (Å²) in [6.45, 7) is 2.43.